The van der Waals surface area contributed by atoms with Crippen LogP contribution in [0.1, 0.15) is 34.1 Å². The van der Waals surface area contributed by atoms with Crippen LogP contribution in [0.2, 0.25) is 5.02 Å². The second kappa shape index (κ2) is 4.58. The van der Waals surface area contributed by atoms with Gasteiger partial charge in [0.05, 0.1) is 10.7 Å². The average Bonchev–Trinajstić information content (AvgIpc) is 3.11. The molecule has 1 aromatic heterocycles. The van der Waals surface area contributed by atoms with E-state index >= 15 is 0 Å². The van der Waals surface area contributed by atoms with Crippen LogP contribution in [0.5, 0.6) is 0 Å². The topological polar surface area (TPSA) is 50.2 Å². The molecule has 98 valence electrons. The smallest absolute Gasteiger partial charge is 0.347 e. The fourth-order valence-electron chi connectivity index (χ4n) is 1.87. The Labute approximate surface area is 117 Å². The number of benzene rings is 1. The third-order valence-electron chi connectivity index (χ3n) is 2.98. The van der Waals surface area contributed by atoms with Gasteiger partial charge in [0.1, 0.15) is 15.7 Å². The minimum absolute atomic E-state index is 0.0116. The number of rotatable bonds is 3. The van der Waals surface area contributed by atoms with Crippen molar-refractivity contribution in [2.24, 2.45) is 0 Å². The minimum Gasteiger partial charge on any atom is -0.477 e. The van der Waals surface area contributed by atoms with Crippen LogP contribution in [0.25, 0.3) is 10.6 Å². The number of nitrogens with zero attached hydrogens (tertiary/aromatic N) is 1. The van der Waals surface area contributed by atoms with Crippen LogP contribution in [-0.2, 0) is 0 Å². The van der Waals surface area contributed by atoms with Gasteiger partial charge in [-0.1, -0.05) is 11.6 Å². The molecule has 3 nitrogen and oxygen atoms in total. The average molecular weight is 298 g/mol. The van der Waals surface area contributed by atoms with Crippen molar-refractivity contribution in [2.45, 2.75) is 18.8 Å². The maximum atomic E-state index is 13.1. The Bertz CT molecular complexity index is 667. The predicted octanol–water partition coefficient (Wildman–Crippen LogP) is 4.18. The number of halogens is 2. The summed E-state index contributed by atoms with van der Waals surface area (Å²) in [6.07, 6.45) is 1.96. The number of carboxylic acid groups (broad SMARTS) is 1. The van der Waals surface area contributed by atoms with E-state index in [0.717, 1.165) is 24.2 Å². The summed E-state index contributed by atoms with van der Waals surface area (Å²) in [5, 5.41) is 9.77. The van der Waals surface area contributed by atoms with Gasteiger partial charge in [-0.2, -0.15) is 0 Å². The molecule has 1 saturated carbocycles. The van der Waals surface area contributed by atoms with Crippen molar-refractivity contribution in [3.63, 3.8) is 0 Å². The lowest BCUT2D eigenvalue weighted by Gasteiger charge is -1.98. The molecule has 0 radical (unpaired) electrons. The van der Waals surface area contributed by atoms with E-state index < -0.39 is 11.8 Å². The Hall–Kier alpha value is -1.46. The zero-order chi connectivity index (χ0) is 13.6. The standard InChI is InChI=1S/C13H9ClFNO2S/c14-8-5-7(3-4-9(8)15)12-16-10(6-1-2-6)11(19-12)13(17)18/h3-6H,1-2H2,(H,17,18). The predicted molar refractivity (Wildman–Crippen MR) is 71.5 cm³/mol. The quantitative estimate of drug-likeness (QED) is 0.924. The van der Waals surface area contributed by atoms with Crippen molar-refractivity contribution in [2.75, 3.05) is 0 Å². The molecule has 0 bridgehead atoms. The summed E-state index contributed by atoms with van der Waals surface area (Å²) in [6, 6.07) is 4.29. The van der Waals surface area contributed by atoms with Gasteiger partial charge >= 0.3 is 5.97 Å². The monoisotopic (exact) mass is 297 g/mol. The van der Waals surface area contributed by atoms with E-state index in [2.05, 4.69) is 4.98 Å². The van der Waals surface area contributed by atoms with Crippen molar-refractivity contribution in [3.05, 3.63) is 39.6 Å². The van der Waals surface area contributed by atoms with Crippen molar-refractivity contribution >= 4 is 28.9 Å². The first kappa shape index (κ1) is 12.6. The summed E-state index contributed by atoms with van der Waals surface area (Å²) in [4.78, 5) is 15.9. The van der Waals surface area contributed by atoms with Crippen molar-refractivity contribution < 1.29 is 14.3 Å². The summed E-state index contributed by atoms with van der Waals surface area (Å²) in [5.74, 6) is -1.20. The number of thiazole rings is 1. The number of carboxylic acids is 1. The number of hydrogen-bond donors (Lipinski definition) is 1. The van der Waals surface area contributed by atoms with Crippen LogP contribution in [0.15, 0.2) is 18.2 Å². The van der Waals surface area contributed by atoms with E-state index in [-0.39, 0.29) is 15.8 Å². The third-order valence-corrected chi connectivity index (χ3v) is 4.38. The van der Waals surface area contributed by atoms with Gasteiger partial charge in [0.15, 0.2) is 0 Å². The first-order valence-corrected chi connectivity index (χ1v) is 6.95. The first-order valence-electron chi connectivity index (χ1n) is 5.75. The van der Waals surface area contributed by atoms with Gasteiger partial charge in [0.2, 0.25) is 0 Å². The highest BCUT2D eigenvalue weighted by Gasteiger charge is 2.32. The molecule has 0 atom stereocenters. The van der Waals surface area contributed by atoms with Gasteiger partial charge in [0.25, 0.3) is 0 Å². The summed E-state index contributed by atoms with van der Waals surface area (Å²) in [7, 11) is 0. The Morgan fingerprint density at radius 1 is 1.47 bits per heavy atom. The van der Waals surface area contributed by atoms with Crippen LogP contribution in [0.4, 0.5) is 4.39 Å². The van der Waals surface area contributed by atoms with E-state index in [1.165, 1.54) is 12.1 Å². The Balaban J connectivity index is 2.07. The van der Waals surface area contributed by atoms with Gasteiger partial charge in [-0.25, -0.2) is 14.2 Å². The molecule has 3 rings (SSSR count). The van der Waals surface area contributed by atoms with Gasteiger partial charge in [-0.15, -0.1) is 11.3 Å². The molecule has 0 aliphatic heterocycles. The van der Waals surface area contributed by atoms with E-state index in [4.69, 9.17) is 11.6 Å². The second-order valence-corrected chi connectivity index (χ2v) is 5.85. The highest BCUT2D eigenvalue weighted by Crippen LogP contribution is 2.44. The Morgan fingerprint density at radius 2 is 2.21 bits per heavy atom. The fourth-order valence-corrected chi connectivity index (χ4v) is 3.04. The summed E-state index contributed by atoms with van der Waals surface area (Å²) in [6.45, 7) is 0. The minimum atomic E-state index is -0.959. The molecular formula is C13H9ClFNO2S. The number of aromatic nitrogens is 1. The largest absolute Gasteiger partial charge is 0.477 e. The lowest BCUT2D eigenvalue weighted by atomic mass is 10.2. The summed E-state index contributed by atoms with van der Waals surface area (Å²) < 4.78 is 13.1. The zero-order valence-corrected chi connectivity index (χ0v) is 11.3. The van der Waals surface area contributed by atoms with Crippen molar-refractivity contribution in [3.8, 4) is 10.6 Å². The van der Waals surface area contributed by atoms with E-state index in [9.17, 15) is 14.3 Å². The lowest BCUT2D eigenvalue weighted by Crippen LogP contribution is -1.97. The van der Waals surface area contributed by atoms with E-state index in [1.54, 1.807) is 6.07 Å². The molecule has 1 aliphatic carbocycles. The maximum absolute atomic E-state index is 13.1. The fraction of sp³-hybridized carbons (Fsp3) is 0.231. The SMILES string of the molecule is O=C(O)c1sc(-c2ccc(F)c(Cl)c2)nc1C1CC1. The molecule has 0 unspecified atom stereocenters. The normalized spacial score (nSPS) is 14.6. The van der Waals surface area contributed by atoms with E-state index in [1.807, 2.05) is 0 Å². The van der Waals surface area contributed by atoms with Crippen molar-refractivity contribution in [1.82, 2.24) is 4.98 Å². The first-order chi connectivity index (χ1) is 9.06. The zero-order valence-electron chi connectivity index (χ0n) is 9.69. The Kier molecular flexibility index (Phi) is 3.03. The molecule has 1 aliphatic rings. The molecule has 0 spiro atoms. The van der Waals surface area contributed by atoms with Crippen LogP contribution in [0, 0.1) is 5.82 Å². The van der Waals surface area contributed by atoms with Gasteiger partial charge in [-0.3, -0.25) is 0 Å². The van der Waals surface area contributed by atoms with Crippen LogP contribution >= 0.6 is 22.9 Å². The van der Waals surface area contributed by atoms with Gasteiger partial charge in [0, 0.05) is 11.5 Å². The molecule has 6 heteroatoms. The maximum Gasteiger partial charge on any atom is 0.347 e. The van der Waals surface area contributed by atoms with Crippen LogP contribution < -0.4 is 0 Å². The highest BCUT2D eigenvalue weighted by atomic mass is 35.5. The molecule has 19 heavy (non-hydrogen) atoms. The molecule has 0 amide bonds. The van der Waals surface area contributed by atoms with Crippen LogP contribution in [0.3, 0.4) is 0 Å². The summed E-state index contributed by atoms with van der Waals surface area (Å²) in [5.41, 5.74) is 1.29. The van der Waals surface area contributed by atoms with Gasteiger partial charge in [-0.05, 0) is 31.0 Å². The third kappa shape index (κ3) is 2.35. The molecule has 0 saturated heterocycles. The van der Waals surface area contributed by atoms with Crippen LogP contribution in [-0.4, -0.2) is 16.1 Å². The molecule has 1 aromatic carbocycles. The highest BCUT2D eigenvalue weighted by molar-refractivity contribution is 7.17. The lowest BCUT2D eigenvalue weighted by molar-refractivity contribution is 0.0700. The number of aromatic carboxylic acids is 1. The molecule has 2 aromatic rings. The summed E-state index contributed by atoms with van der Waals surface area (Å²) >= 11 is 6.85. The second-order valence-electron chi connectivity index (χ2n) is 4.44. The van der Waals surface area contributed by atoms with E-state index in [0.29, 0.717) is 16.3 Å². The number of carbonyl (C=O) groups is 1. The van der Waals surface area contributed by atoms with Gasteiger partial charge < -0.3 is 5.11 Å². The number of hydrogen-bond acceptors (Lipinski definition) is 3. The molecule has 1 heterocycles. The van der Waals surface area contributed by atoms with Crippen molar-refractivity contribution in [1.29, 1.82) is 0 Å². The molecule has 1 fully saturated rings. The Morgan fingerprint density at radius 3 is 2.79 bits per heavy atom. The molecular weight excluding hydrogens is 289 g/mol. The molecule has 1 N–H and O–H groups in total.